The molecule has 0 spiro atoms. The lowest BCUT2D eigenvalue weighted by Crippen LogP contribution is -2.30. The fourth-order valence-electron chi connectivity index (χ4n) is 1.72. The predicted octanol–water partition coefficient (Wildman–Crippen LogP) is 3.23. The molecule has 3 nitrogen and oxygen atoms in total. The van der Waals surface area contributed by atoms with E-state index in [1.165, 1.54) is 0 Å². The van der Waals surface area contributed by atoms with Crippen LogP contribution in [0.2, 0.25) is 0 Å². The van der Waals surface area contributed by atoms with Crippen molar-refractivity contribution in [2.24, 2.45) is 0 Å². The van der Waals surface area contributed by atoms with Gasteiger partial charge in [-0.3, -0.25) is 0 Å². The van der Waals surface area contributed by atoms with Gasteiger partial charge in [-0.25, -0.2) is 4.79 Å². The molecule has 0 amide bonds. The highest BCUT2D eigenvalue weighted by atomic mass is 16.7. The lowest BCUT2D eigenvalue weighted by atomic mass is 9.99. The third-order valence-corrected chi connectivity index (χ3v) is 2.63. The molecule has 0 saturated carbocycles. The summed E-state index contributed by atoms with van der Waals surface area (Å²) in [5, 5.41) is 0. The monoisotopic (exact) mass is 218 g/mol. The average Bonchev–Trinajstić information content (AvgIpc) is 2.29. The zero-order valence-electron chi connectivity index (χ0n) is 9.18. The van der Waals surface area contributed by atoms with Crippen LogP contribution in [0.4, 0.5) is 4.79 Å². The van der Waals surface area contributed by atoms with Crippen LogP contribution in [0.3, 0.4) is 0 Å². The van der Waals surface area contributed by atoms with Crippen molar-refractivity contribution in [3.8, 4) is 0 Å². The standard InChI is InChI=1S/C13H14O3/c1-9(2)11-8-12(16-13(14)15-11)10-6-4-3-5-7-10/h3-7,11-12H,1,8H2,2H3/t11-,12+/m0/s1. The predicted molar refractivity (Wildman–Crippen MR) is 60.0 cm³/mol. The molecule has 2 atom stereocenters. The van der Waals surface area contributed by atoms with E-state index in [1.807, 2.05) is 37.3 Å². The van der Waals surface area contributed by atoms with E-state index >= 15 is 0 Å². The summed E-state index contributed by atoms with van der Waals surface area (Å²) in [4.78, 5) is 11.3. The summed E-state index contributed by atoms with van der Waals surface area (Å²) < 4.78 is 10.2. The van der Waals surface area contributed by atoms with E-state index < -0.39 is 6.16 Å². The highest BCUT2D eigenvalue weighted by Crippen LogP contribution is 2.30. The molecule has 0 aliphatic carbocycles. The molecule has 84 valence electrons. The molecule has 1 aromatic rings. The van der Waals surface area contributed by atoms with Crippen molar-refractivity contribution < 1.29 is 14.3 Å². The molecule has 1 aromatic carbocycles. The Balaban J connectivity index is 2.17. The molecule has 0 radical (unpaired) electrons. The minimum atomic E-state index is -0.617. The topological polar surface area (TPSA) is 35.5 Å². The largest absolute Gasteiger partial charge is 0.509 e. The second-order valence-electron chi connectivity index (χ2n) is 3.96. The van der Waals surface area contributed by atoms with Crippen LogP contribution in [-0.2, 0) is 9.47 Å². The summed E-state index contributed by atoms with van der Waals surface area (Å²) in [7, 11) is 0. The number of hydrogen-bond donors (Lipinski definition) is 0. The van der Waals surface area contributed by atoms with Crippen molar-refractivity contribution >= 4 is 6.16 Å². The normalized spacial score (nSPS) is 24.4. The zero-order valence-corrected chi connectivity index (χ0v) is 9.18. The Labute approximate surface area is 94.7 Å². The van der Waals surface area contributed by atoms with Gasteiger partial charge in [0.15, 0.2) is 0 Å². The van der Waals surface area contributed by atoms with Crippen molar-refractivity contribution in [2.75, 3.05) is 0 Å². The maximum atomic E-state index is 11.3. The van der Waals surface area contributed by atoms with E-state index in [1.54, 1.807) is 0 Å². The maximum absolute atomic E-state index is 11.3. The Morgan fingerprint density at radius 3 is 2.62 bits per heavy atom. The molecule has 1 aliphatic heterocycles. The van der Waals surface area contributed by atoms with E-state index in [9.17, 15) is 4.79 Å². The van der Waals surface area contributed by atoms with Crippen LogP contribution in [0.1, 0.15) is 25.0 Å². The summed E-state index contributed by atoms with van der Waals surface area (Å²) in [6.07, 6.45) is -0.464. The Bertz CT molecular complexity index is 397. The number of carbonyl (C=O) groups excluding carboxylic acids is 1. The van der Waals surface area contributed by atoms with Crippen LogP contribution in [0.25, 0.3) is 0 Å². The first-order valence-electron chi connectivity index (χ1n) is 5.24. The fraction of sp³-hybridized carbons (Fsp3) is 0.308. The van der Waals surface area contributed by atoms with E-state index in [2.05, 4.69) is 6.58 Å². The van der Waals surface area contributed by atoms with Crippen molar-refractivity contribution in [1.82, 2.24) is 0 Å². The first-order chi connectivity index (χ1) is 7.66. The average molecular weight is 218 g/mol. The summed E-state index contributed by atoms with van der Waals surface area (Å²) in [5.41, 5.74) is 1.84. The molecule has 3 heteroatoms. The second-order valence-corrected chi connectivity index (χ2v) is 3.96. The number of carbonyl (C=O) groups is 1. The van der Waals surface area contributed by atoms with Crippen LogP contribution < -0.4 is 0 Å². The van der Waals surface area contributed by atoms with Crippen molar-refractivity contribution in [2.45, 2.75) is 25.6 Å². The number of hydrogen-bond acceptors (Lipinski definition) is 3. The molecule has 1 heterocycles. The van der Waals surface area contributed by atoms with Crippen LogP contribution in [0, 0.1) is 0 Å². The van der Waals surface area contributed by atoms with Gasteiger partial charge >= 0.3 is 6.16 Å². The van der Waals surface area contributed by atoms with Crippen LogP contribution >= 0.6 is 0 Å². The molecule has 0 aromatic heterocycles. The zero-order chi connectivity index (χ0) is 11.5. The Morgan fingerprint density at radius 2 is 2.00 bits per heavy atom. The Hall–Kier alpha value is -1.77. The number of rotatable bonds is 2. The lowest BCUT2D eigenvalue weighted by Gasteiger charge is -2.29. The summed E-state index contributed by atoms with van der Waals surface area (Å²) >= 11 is 0. The van der Waals surface area contributed by atoms with Gasteiger partial charge in [0.1, 0.15) is 12.2 Å². The molecule has 1 aliphatic rings. The Morgan fingerprint density at radius 1 is 1.31 bits per heavy atom. The molecule has 0 unspecified atom stereocenters. The summed E-state index contributed by atoms with van der Waals surface area (Å²) in [6, 6.07) is 9.67. The number of benzene rings is 1. The van der Waals surface area contributed by atoms with Gasteiger partial charge in [-0.15, -0.1) is 0 Å². The van der Waals surface area contributed by atoms with Gasteiger partial charge in [-0.05, 0) is 18.1 Å². The molecule has 1 saturated heterocycles. The summed E-state index contributed by atoms with van der Waals surface area (Å²) in [5.74, 6) is 0. The van der Waals surface area contributed by atoms with E-state index in [-0.39, 0.29) is 12.2 Å². The molecular formula is C13H14O3. The van der Waals surface area contributed by atoms with E-state index in [0.717, 1.165) is 11.1 Å². The molecule has 16 heavy (non-hydrogen) atoms. The Kier molecular flexibility index (Phi) is 2.95. The van der Waals surface area contributed by atoms with Crippen LogP contribution in [0.15, 0.2) is 42.5 Å². The van der Waals surface area contributed by atoms with Crippen molar-refractivity contribution in [3.63, 3.8) is 0 Å². The summed E-state index contributed by atoms with van der Waals surface area (Å²) in [6.45, 7) is 5.66. The van der Waals surface area contributed by atoms with Gasteiger partial charge in [0.05, 0.1) is 0 Å². The highest BCUT2D eigenvalue weighted by molar-refractivity contribution is 5.62. The minimum Gasteiger partial charge on any atom is -0.426 e. The van der Waals surface area contributed by atoms with Crippen molar-refractivity contribution in [3.05, 3.63) is 48.0 Å². The number of ether oxygens (including phenoxy) is 2. The lowest BCUT2D eigenvalue weighted by molar-refractivity contribution is -0.0495. The third-order valence-electron chi connectivity index (χ3n) is 2.63. The van der Waals surface area contributed by atoms with Gasteiger partial charge < -0.3 is 9.47 Å². The van der Waals surface area contributed by atoms with Gasteiger partial charge in [0.25, 0.3) is 0 Å². The first-order valence-corrected chi connectivity index (χ1v) is 5.24. The molecule has 2 rings (SSSR count). The van der Waals surface area contributed by atoms with Gasteiger partial charge in [-0.2, -0.15) is 0 Å². The third kappa shape index (κ3) is 2.24. The van der Waals surface area contributed by atoms with Crippen LogP contribution in [-0.4, -0.2) is 12.3 Å². The van der Waals surface area contributed by atoms with Gasteiger partial charge in [-0.1, -0.05) is 36.9 Å². The quantitative estimate of drug-likeness (QED) is 0.564. The maximum Gasteiger partial charge on any atom is 0.509 e. The molecule has 0 N–H and O–H groups in total. The molecule has 1 fully saturated rings. The van der Waals surface area contributed by atoms with Crippen molar-refractivity contribution in [1.29, 1.82) is 0 Å². The smallest absolute Gasteiger partial charge is 0.426 e. The van der Waals surface area contributed by atoms with E-state index in [0.29, 0.717) is 6.42 Å². The fourth-order valence-corrected chi connectivity index (χ4v) is 1.72. The van der Waals surface area contributed by atoms with Gasteiger partial charge in [0, 0.05) is 6.42 Å². The van der Waals surface area contributed by atoms with Crippen LogP contribution in [0.5, 0.6) is 0 Å². The molecular weight excluding hydrogens is 204 g/mol. The molecule has 0 bridgehead atoms. The first kappa shape index (κ1) is 10.7. The van der Waals surface area contributed by atoms with E-state index in [4.69, 9.17) is 9.47 Å². The highest BCUT2D eigenvalue weighted by Gasteiger charge is 2.31. The second kappa shape index (κ2) is 4.39. The number of cyclic esters (lactones) is 2. The minimum absolute atomic E-state index is 0.232. The van der Waals surface area contributed by atoms with Gasteiger partial charge in [0.2, 0.25) is 0 Å². The SMILES string of the molecule is C=C(C)[C@@H]1C[C@H](c2ccccc2)OC(=O)O1.